The van der Waals surface area contributed by atoms with Crippen LogP contribution in [-0.2, 0) is 12.8 Å². The van der Waals surface area contributed by atoms with Gasteiger partial charge >= 0.3 is 0 Å². The Morgan fingerprint density at radius 2 is 1.62 bits per heavy atom. The van der Waals surface area contributed by atoms with Crippen molar-refractivity contribution in [2.45, 2.75) is 44.4 Å². The number of aliphatic hydroxyl groups is 1. The first-order valence-corrected chi connectivity index (χ1v) is 10.5. The topological polar surface area (TPSA) is 55.5 Å². The van der Waals surface area contributed by atoms with Crippen molar-refractivity contribution < 1.29 is 9.84 Å². The van der Waals surface area contributed by atoms with Gasteiger partial charge in [-0.3, -0.25) is 5.73 Å². The number of benzene rings is 3. The van der Waals surface area contributed by atoms with Gasteiger partial charge in [0, 0.05) is 0 Å². The van der Waals surface area contributed by atoms with Gasteiger partial charge in [0.15, 0.2) is 6.23 Å². The second-order valence-electron chi connectivity index (χ2n) is 8.01. The molecular formula is C26H29NO2. The molecule has 0 bridgehead atoms. The van der Waals surface area contributed by atoms with Gasteiger partial charge in [-0.1, -0.05) is 66.7 Å². The summed E-state index contributed by atoms with van der Waals surface area (Å²) in [7, 11) is 0. The molecule has 150 valence electrons. The summed E-state index contributed by atoms with van der Waals surface area (Å²) in [5, 5.41) is 10.7. The van der Waals surface area contributed by atoms with E-state index in [9.17, 15) is 5.11 Å². The van der Waals surface area contributed by atoms with Gasteiger partial charge in [0.2, 0.25) is 0 Å². The van der Waals surface area contributed by atoms with Crippen LogP contribution in [0.1, 0.15) is 30.4 Å². The third-order valence-corrected chi connectivity index (χ3v) is 5.85. The third-order valence-electron chi connectivity index (χ3n) is 5.85. The average molecular weight is 388 g/mol. The van der Waals surface area contributed by atoms with Crippen LogP contribution in [0.5, 0.6) is 5.75 Å². The van der Waals surface area contributed by atoms with Gasteiger partial charge in [0.1, 0.15) is 11.9 Å². The highest BCUT2D eigenvalue weighted by Crippen LogP contribution is 2.31. The van der Waals surface area contributed by atoms with Crippen LogP contribution >= 0.6 is 0 Å². The van der Waals surface area contributed by atoms with E-state index in [0.717, 1.165) is 25.7 Å². The molecule has 3 N–H and O–H groups in total. The smallest absolute Gasteiger partial charge is 0.173 e. The second-order valence-corrected chi connectivity index (χ2v) is 8.01. The fourth-order valence-electron chi connectivity index (χ4n) is 4.28. The fraction of sp³-hybridized carbons (Fsp3) is 0.308. The molecule has 0 amide bonds. The Bertz CT molecular complexity index is 911. The molecule has 1 aliphatic carbocycles. The summed E-state index contributed by atoms with van der Waals surface area (Å²) < 4.78 is 5.72. The van der Waals surface area contributed by atoms with Crippen LogP contribution in [0.15, 0.2) is 78.9 Å². The van der Waals surface area contributed by atoms with Gasteiger partial charge in [-0.25, -0.2) is 0 Å². The van der Waals surface area contributed by atoms with Crippen molar-refractivity contribution in [2.75, 3.05) is 0 Å². The van der Waals surface area contributed by atoms with Crippen LogP contribution in [0.4, 0.5) is 0 Å². The van der Waals surface area contributed by atoms with Crippen LogP contribution in [0, 0.1) is 5.92 Å². The van der Waals surface area contributed by atoms with Crippen LogP contribution < -0.4 is 10.5 Å². The molecule has 0 saturated carbocycles. The maximum absolute atomic E-state index is 10.7. The first-order valence-electron chi connectivity index (χ1n) is 10.5. The van der Waals surface area contributed by atoms with E-state index >= 15 is 0 Å². The zero-order valence-electron chi connectivity index (χ0n) is 16.7. The molecular weight excluding hydrogens is 358 g/mol. The standard InChI is InChI=1S/C26H29NO2/c27-26(29-24-12-5-2-6-13-24)25(28)17-19-8-7-11-21-14-15-22(18-23(21)16-19)20-9-3-1-4-10-20/h1-6,9-10,12-15,18-19,25-26,28H,7-8,11,16-17,27H2/t19?,25-,26?/m0/s1. The normalized spacial score (nSPS) is 18.3. The molecule has 3 aromatic carbocycles. The molecule has 0 heterocycles. The molecule has 3 aromatic rings. The first-order chi connectivity index (χ1) is 14.2. The van der Waals surface area contributed by atoms with E-state index in [1.54, 1.807) is 0 Å². The van der Waals surface area contributed by atoms with Crippen LogP contribution in [0.3, 0.4) is 0 Å². The molecule has 2 unspecified atom stereocenters. The first kappa shape index (κ1) is 19.7. The van der Waals surface area contributed by atoms with Crippen molar-refractivity contribution in [3.05, 3.63) is 90.0 Å². The van der Waals surface area contributed by atoms with E-state index in [4.69, 9.17) is 10.5 Å². The monoisotopic (exact) mass is 387 g/mol. The minimum Gasteiger partial charge on any atom is -0.473 e. The van der Waals surface area contributed by atoms with Gasteiger partial charge in [-0.2, -0.15) is 0 Å². The molecule has 0 aliphatic heterocycles. The summed E-state index contributed by atoms with van der Waals surface area (Å²) in [6.45, 7) is 0. The zero-order valence-corrected chi connectivity index (χ0v) is 16.7. The summed E-state index contributed by atoms with van der Waals surface area (Å²) in [4.78, 5) is 0. The average Bonchev–Trinajstić information content (AvgIpc) is 2.96. The van der Waals surface area contributed by atoms with E-state index in [2.05, 4.69) is 42.5 Å². The molecule has 0 aromatic heterocycles. The van der Waals surface area contributed by atoms with Crippen molar-refractivity contribution in [2.24, 2.45) is 11.7 Å². The zero-order chi connectivity index (χ0) is 20.1. The largest absolute Gasteiger partial charge is 0.473 e. The predicted molar refractivity (Wildman–Crippen MR) is 118 cm³/mol. The summed E-state index contributed by atoms with van der Waals surface area (Å²) in [5.41, 5.74) is 11.5. The van der Waals surface area contributed by atoms with E-state index in [1.165, 1.54) is 22.3 Å². The maximum Gasteiger partial charge on any atom is 0.173 e. The Labute approximate surface area is 173 Å². The Balaban J connectivity index is 1.44. The third kappa shape index (κ3) is 5.06. The lowest BCUT2D eigenvalue weighted by Gasteiger charge is -2.24. The van der Waals surface area contributed by atoms with Gasteiger partial charge in [-0.15, -0.1) is 0 Å². The lowest BCUT2D eigenvalue weighted by atomic mass is 9.90. The highest BCUT2D eigenvalue weighted by atomic mass is 16.5. The minimum atomic E-state index is -0.712. The van der Waals surface area contributed by atoms with Gasteiger partial charge < -0.3 is 9.84 Å². The minimum absolute atomic E-state index is 0.405. The lowest BCUT2D eigenvalue weighted by molar-refractivity contribution is 0.0229. The van der Waals surface area contributed by atoms with E-state index < -0.39 is 12.3 Å². The Kier molecular flexibility index (Phi) is 6.28. The number of aryl methyl sites for hydroxylation is 1. The summed E-state index contributed by atoms with van der Waals surface area (Å²) in [5.74, 6) is 1.10. The number of nitrogens with two attached hydrogens (primary N) is 1. The van der Waals surface area contributed by atoms with Crippen molar-refractivity contribution in [1.82, 2.24) is 0 Å². The van der Waals surface area contributed by atoms with E-state index in [0.29, 0.717) is 18.1 Å². The summed E-state index contributed by atoms with van der Waals surface area (Å²) in [6, 6.07) is 26.8. The number of rotatable bonds is 6. The fourth-order valence-corrected chi connectivity index (χ4v) is 4.28. The molecule has 0 spiro atoms. The molecule has 1 aliphatic rings. The number of aliphatic hydroxyl groups excluding tert-OH is 1. The van der Waals surface area contributed by atoms with E-state index in [1.807, 2.05) is 36.4 Å². The summed E-state index contributed by atoms with van der Waals surface area (Å²) >= 11 is 0. The van der Waals surface area contributed by atoms with Crippen molar-refractivity contribution in [3.63, 3.8) is 0 Å². The van der Waals surface area contributed by atoms with Gasteiger partial charge in [0.25, 0.3) is 0 Å². The van der Waals surface area contributed by atoms with Crippen LogP contribution in [-0.4, -0.2) is 17.4 Å². The van der Waals surface area contributed by atoms with Gasteiger partial charge in [-0.05, 0) is 72.4 Å². The molecule has 3 atom stereocenters. The number of hydrogen-bond donors (Lipinski definition) is 2. The quantitative estimate of drug-likeness (QED) is 0.464. The lowest BCUT2D eigenvalue weighted by Crippen LogP contribution is -2.41. The van der Waals surface area contributed by atoms with E-state index in [-0.39, 0.29) is 0 Å². The second kappa shape index (κ2) is 9.25. The number of para-hydroxylation sites is 1. The molecule has 0 fully saturated rings. The number of hydrogen-bond acceptors (Lipinski definition) is 3. The highest BCUT2D eigenvalue weighted by molar-refractivity contribution is 5.65. The molecule has 3 nitrogen and oxygen atoms in total. The highest BCUT2D eigenvalue weighted by Gasteiger charge is 2.24. The van der Waals surface area contributed by atoms with Crippen LogP contribution in [0.2, 0.25) is 0 Å². The SMILES string of the molecule is NC(Oc1ccccc1)[C@@H](O)CC1CCCc2ccc(-c3ccccc3)cc2C1. The molecule has 29 heavy (non-hydrogen) atoms. The van der Waals surface area contributed by atoms with Crippen molar-refractivity contribution in [3.8, 4) is 16.9 Å². The molecule has 0 saturated heterocycles. The van der Waals surface area contributed by atoms with Crippen molar-refractivity contribution >= 4 is 0 Å². The predicted octanol–water partition coefficient (Wildman–Crippen LogP) is 4.96. The molecule has 4 rings (SSSR count). The number of fused-ring (bicyclic) bond motifs is 1. The Hall–Kier alpha value is -2.62. The Morgan fingerprint density at radius 3 is 2.38 bits per heavy atom. The Morgan fingerprint density at radius 1 is 0.897 bits per heavy atom. The molecule has 3 heteroatoms. The number of ether oxygens (including phenoxy) is 1. The summed E-state index contributed by atoms with van der Waals surface area (Å²) in [6.07, 6.45) is 3.58. The molecule has 0 radical (unpaired) electrons. The van der Waals surface area contributed by atoms with Crippen LogP contribution in [0.25, 0.3) is 11.1 Å². The van der Waals surface area contributed by atoms with Crippen molar-refractivity contribution in [1.29, 1.82) is 0 Å². The maximum atomic E-state index is 10.7. The van der Waals surface area contributed by atoms with Gasteiger partial charge in [0.05, 0.1) is 0 Å².